The Morgan fingerprint density at radius 2 is 1.81 bits per heavy atom. The van der Waals surface area contributed by atoms with Crippen molar-refractivity contribution in [2.24, 2.45) is 0 Å². The van der Waals surface area contributed by atoms with Crippen molar-refractivity contribution in [2.45, 2.75) is 18.9 Å². The van der Waals surface area contributed by atoms with Gasteiger partial charge >= 0.3 is 0 Å². The van der Waals surface area contributed by atoms with Gasteiger partial charge in [0.1, 0.15) is 0 Å². The van der Waals surface area contributed by atoms with Crippen molar-refractivity contribution >= 4 is 17.3 Å². The van der Waals surface area contributed by atoms with Crippen molar-refractivity contribution in [3.8, 4) is 0 Å². The first-order valence-electron chi connectivity index (χ1n) is 7.58. The summed E-state index contributed by atoms with van der Waals surface area (Å²) < 4.78 is 0. The molecule has 0 spiro atoms. The average Bonchev–Trinajstić information content (AvgIpc) is 2.96. The van der Waals surface area contributed by atoms with Crippen LogP contribution < -0.4 is 5.32 Å². The molecule has 0 radical (unpaired) electrons. The fraction of sp³-hybridized carbons (Fsp3) is 0.333. The third kappa shape index (κ3) is 3.99. The van der Waals surface area contributed by atoms with Gasteiger partial charge in [0.2, 0.25) is 0 Å². The lowest BCUT2D eigenvalue weighted by Gasteiger charge is -2.18. The molecule has 2 aromatic rings. The van der Waals surface area contributed by atoms with Crippen LogP contribution in [0.4, 0.5) is 5.69 Å². The Hall–Kier alpha value is -1.51. The smallest absolute Gasteiger partial charge is 0.0637 e. The molecule has 0 aliphatic carbocycles. The van der Waals surface area contributed by atoms with Crippen molar-refractivity contribution in [1.82, 2.24) is 4.90 Å². The van der Waals surface area contributed by atoms with E-state index < -0.39 is 0 Å². The minimum atomic E-state index is 0.501. The van der Waals surface area contributed by atoms with Crippen LogP contribution in [0.2, 0.25) is 5.02 Å². The lowest BCUT2D eigenvalue weighted by molar-refractivity contribution is 0.341. The zero-order valence-electron chi connectivity index (χ0n) is 12.1. The van der Waals surface area contributed by atoms with Crippen molar-refractivity contribution in [3.63, 3.8) is 0 Å². The number of nitrogens with zero attached hydrogens (tertiary/aromatic N) is 1. The Balaban J connectivity index is 1.48. The van der Waals surface area contributed by atoms with E-state index in [1.807, 2.05) is 18.2 Å². The van der Waals surface area contributed by atoms with Gasteiger partial charge in [0, 0.05) is 25.7 Å². The number of halogens is 1. The van der Waals surface area contributed by atoms with Crippen LogP contribution in [-0.4, -0.2) is 30.6 Å². The number of likely N-dealkylation sites (tertiary alicyclic amines) is 1. The van der Waals surface area contributed by atoms with Gasteiger partial charge in [-0.1, -0.05) is 54.1 Å². The van der Waals surface area contributed by atoms with Gasteiger partial charge in [-0.2, -0.15) is 0 Å². The van der Waals surface area contributed by atoms with Crippen molar-refractivity contribution < 1.29 is 0 Å². The van der Waals surface area contributed by atoms with Gasteiger partial charge in [-0.3, -0.25) is 0 Å². The summed E-state index contributed by atoms with van der Waals surface area (Å²) in [6.45, 7) is 3.39. The van der Waals surface area contributed by atoms with E-state index in [2.05, 4.69) is 46.6 Å². The van der Waals surface area contributed by atoms with Gasteiger partial charge in [-0.15, -0.1) is 0 Å². The Morgan fingerprint density at radius 3 is 2.62 bits per heavy atom. The lowest BCUT2D eigenvalue weighted by atomic mass is 10.1. The summed E-state index contributed by atoms with van der Waals surface area (Å²) in [5, 5.41) is 4.37. The minimum Gasteiger partial charge on any atom is -0.380 e. The van der Waals surface area contributed by atoms with E-state index in [1.165, 1.54) is 12.0 Å². The van der Waals surface area contributed by atoms with Crippen molar-refractivity contribution in [2.75, 3.05) is 25.0 Å². The van der Waals surface area contributed by atoms with E-state index in [0.717, 1.165) is 36.8 Å². The molecular formula is C18H21ClN2. The highest BCUT2D eigenvalue weighted by Crippen LogP contribution is 2.23. The van der Waals surface area contributed by atoms with Gasteiger partial charge in [-0.25, -0.2) is 0 Å². The molecule has 1 saturated heterocycles. The average molecular weight is 301 g/mol. The number of anilines is 1. The molecule has 0 bridgehead atoms. The lowest BCUT2D eigenvalue weighted by Crippen LogP contribution is -2.27. The van der Waals surface area contributed by atoms with Crippen LogP contribution in [0, 0.1) is 0 Å². The number of hydrogen-bond acceptors (Lipinski definition) is 2. The first-order chi connectivity index (χ1) is 10.3. The van der Waals surface area contributed by atoms with Crippen LogP contribution in [0.3, 0.4) is 0 Å². The molecule has 21 heavy (non-hydrogen) atoms. The maximum absolute atomic E-state index is 6.20. The molecule has 1 atom stereocenters. The molecule has 3 heteroatoms. The highest BCUT2D eigenvalue weighted by atomic mass is 35.5. The highest BCUT2D eigenvalue weighted by Gasteiger charge is 2.22. The number of hydrogen-bond donors (Lipinski definition) is 1. The maximum Gasteiger partial charge on any atom is 0.0637 e. The predicted octanol–water partition coefficient (Wildman–Crippen LogP) is 4.07. The first kappa shape index (κ1) is 14.4. The molecule has 0 amide bonds. The van der Waals surface area contributed by atoms with E-state index in [4.69, 9.17) is 11.6 Å². The molecule has 0 aromatic heterocycles. The van der Waals surface area contributed by atoms with Gasteiger partial charge in [0.05, 0.1) is 10.7 Å². The number of para-hydroxylation sites is 1. The zero-order chi connectivity index (χ0) is 14.5. The van der Waals surface area contributed by atoms with Gasteiger partial charge in [0.15, 0.2) is 0 Å². The number of benzene rings is 2. The van der Waals surface area contributed by atoms with Crippen molar-refractivity contribution in [1.29, 1.82) is 0 Å². The van der Waals surface area contributed by atoms with Gasteiger partial charge in [0.25, 0.3) is 0 Å². The van der Waals surface area contributed by atoms with E-state index >= 15 is 0 Å². The van der Waals surface area contributed by atoms with Crippen LogP contribution in [0.15, 0.2) is 54.6 Å². The van der Waals surface area contributed by atoms with Gasteiger partial charge < -0.3 is 10.2 Å². The summed E-state index contributed by atoms with van der Waals surface area (Å²) in [6, 6.07) is 19.2. The molecule has 1 unspecified atom stereocenters. The third-order valence-electron chi connectivity index (χ3n) is 4.07. The summed E-state index contributed by atoms with van der Waals surface area (Å²) in [4.78, 5) is 2.53. The second-order valence-electron chi connectivity index (χ2n) is 5.65. The Bertz CT molecular complexity index is 570. The minimum absolute atomic E-state index is 0.501. The fourth-order valence-electron chi connectivity index (χ4n) is 2.88. The number of nitrogens with one attached hydrogen (secondary N) is 1. The molecule has 1 heterocycles. The quantitative estimate of drug-likeness (QED) is 0.895. The second-order valence-corrected chi connectivity index (χ2v) is 6.05. The van der Waals surface area contributed by atoms with Crippen LogP contribution >= 0.6 is 11.6 Å². The highest BCUT2D eigenvalue weighted by molar-refractivity contribution is 6.33. The molecule has 1 aliphatic heterocycles. The Morgan fingerprint density at radius 1 is 1.05 bits per heavy atom. The van der Waals surface area contributed by atoms with Crippen LogP contribution in [0.5, 0.6) is 0 Å². The molecule has 2 aromatic carbocycles. The first-order valence-corrected chi connectivity index (χ1v) is 7.96. The summed E-state index contributed by atoms with van der Waals surface area (Å²) in [5.41, 5.74) is 2.47. The molecule has 3 rings (SSSR count). The summed E-state index contributed by atoms with van der Waals surface area (Å²) in [6.07, 6.45) is 2.31. The fourth-order valence-corrected chi connectivity index (χ4v) is 3.07. The summed E-state index contributed by atoms with van der Waals surface area (Å²) >= 11 is 6.20. The normalized spacial score (nSPS) is 18.8. The van der Waals surface area contributed by atoms with Crippen molar-refractivity contribution in [3.05, 3.63) is 65.2 Å². The molecule has 1 N–H and O–H groups in total. The summed E-state index contributed by atoms with van der Waals surface area (Å²) in [7, 11) is 0. The molecular weight excluding hydrogens is 280 g/mol. The zero-order valence-corrected chi connectivity index (χ0v) is 12.9. The standard InChI is InChI=1S/C18H21ClN2/c19-17-8-4-5-9-18(17)20-16-11-13-21(14-16)12-10-15-6-2-1-3-7-15/h1-9,16,20H,10-14H2. The molecule has 1 fully saturated rings. The molecule has 0 saturated carbocycles. The van der Waals surface area contributed by atoms with E-state index in [9.17, 15) is 0 Å². The third-order valence-corrected chi connectivity index (χ3v) is 4.39. The largest absolute Gasteiger partial charge is 0.380 e. The topological polar surface area (TPSA) is 15.3 Å². The van der Waals surface area contributed by atoms with E-state index in [1.54, 1.807) is 0 Å². The van der Waals surface area contributed by atoms with Gasteiger partial charge in [-0.05, 0) is 30.5 Å². The van der Waals surface area contributed by atoms with Crippen LogP contribution in [0.25, 0.3) is 0 Å². The summed E-state index contributed by atoms with van der Waals surface area (Å²) in [5.74, 6) is 0. The Labute approximate surface area is 131 Å². The van der Waals surface area contributed by atoms with E-state index in [-0.39, 0.29) is 0 Å². The number of rotatable bonds is 5. The Kier molecular flexibility index (Phi) is 4.79. The molecule has 2 nitrogen and oxygen atoms in total. The predicted molar refractivity (Wildman–Crippen MR) is 90.1 cm³/mol. The second kappa shape index (κ2) is 6.97. The maximum atomic E-state index is 6.20. The monoisotopic (exact) mass is 300 g/mol. The van der Waals surface area contributed by atoms with Crippen LogP contribution in [-0.2, 0) is 6.42 Å². The SMILES string of the molecule is Clc1ccccc1NC1CCN(CCc2ccccc2)C1. The molecule has 1 aliphatic rings. The molecule has 110 valence electrons. The van der Waals surface area contributed by atoms with E-state index in [0.29, 0.717) is 6.04 Å². The van der Waals surface area contributed by atoms with Crippen LogP contribution in [0.1, 0.15) is 12.0 Å².